The fourth-order valence-corrected chi connectivity index (χ4v) is 1.92. The largest absolute Gasteiger partial charge is 0.357 e. The summed E-state index contributed by atoms with van der Waals surface area (Å²) < 4.78 is 1.77. The van der Waals surface area contributed by atoms with Gasteiger partial charge in [-0.15, -0.1) is 0 Å². The highest BCUT2D eigenvalue weighted by molar-refractivity contribution is 5.40. The van der Waals surface area contributed by atoms with Gasteiger partial charge in [0.1, 0.15) is 6.33 Å². The molecule has 0 aliphatic heterocycles. The number of hydrogen-bond donors (Lipinski definition) is 1. The predicted molar refractivity (Wildman–Crippen MR) is 79.3 cm³/mol. The molecule has 0 radical (unpaired) electrons. The Bertz CT molecular complexity index is 536. The molecule has 0 saturated heterocycles. The van der Waals surface area contributed by atoms with Gasteiger partial charge in [0.15, 0.2) is 0 Å². The SMILES string of the molecule is CCCN(c1nc(NC)nc(-n2ccnc2)n1)C(C)C. The average molecular weight is 275 g/mol. The Morgan fingerprint density at radius 1 is 1.30 bits per heavy atom. The molecule has 2 heterocycles. The Hall–Kier alpha value is -2.18. The standard InChI is InChI=1S/C13H21N7/c1-5-7-20(10(2)3)13-17-11(14-4)16-12(18-13)19-8-6-15-9-19/h6,8-10H,5,7H2,1-4H3,(H,14,16,17,18). The molecule has 108 valence electrons. The van der Waals surface area contributed by atoms with Crippen molar-refractivity contribution < 1.29 is 0 Å². The zero-order valence-electron chi connectivity index (χ0n) is 12.4. The van der Waals surface area contributed by atoms with Gasteiger partial charge in [0.2, 0.25) is 17.8 Å². The van der Waals surface area contributed by atoms with Crippen molar-refractivity contribution in [3.05, 3.63) is 18.7 Å². The van der Waals surface area contributed by atoms with E-state index in [4.69, 9.17) is 0 Å². The molecule has 2 aromatic rings. The van der Waals surface area contributed by atoms with Crippen LogP contribution in [0.15, 0.2) is 18.7 Å². The van der Waals surface area contributed by atoms with Crippen molar-refractivity contribution in [1.82, 2.24) is 24.5 Å². The van der Waals surface area contributed by atoms with E-state index in [0.717, 1.165) is 13.0 Å². The lowest BCUT2D eigenvalue weighted by Crippen LogP contribution is -2.33. The lowest BCUT2D eigenvalue weighted by molar-refractivity contribution is 0.647. The van der Waals surface area contributed by atoms with Crippen LogP contribution in [0.4, 0.5) is 11.9 Å². The van der Waals surface area contributed by atoms with E-state index in [1.54, 1.807) is 24.1 Å². The van der Waals surface area contributed by atoms with Crippen LogP contribution in [-0.4, -0.2) is 44.1 Å². The van der Waals surface area contributed by atoms with Gasteiger partial charge in [0, 0.05) is 32.0 Å². The minimum atomic E-state index is 0.331. The first-order chi connectivity index (χ1) is 9.65. The molecule has 2 aromatic heterocycles. The monoisotopic (exact) mass is 275 g/mol. The summed E-state index contributed by atoms with van der Waals surface area (Å²) in [6.45, 7) is 7.32. The minimum absolute atomic E-state index is 0.331. The topological polar surface area (TPSA) is 71.8 Å². The van der Waals surface area contributed by atoms with Gasteiger partial charge in [0.25, 0.3) is 0 Å². The molecule has 0 atom stereocenters. The summed E-state index contributed by atoms with van der Waals surface area (Å²) in [6, 6.07) is 0.331. The number of nitrogens with zero attached hydrogens (tertiary/aromatic N) is 6. The molecule has 0 aliphatic carbocycles. The maximum atomic E-state index is 4.55. The normalized spacial score (nSPS) is 10.8. The summed E-state index contributed by atoms with van der Waals surface area (Å²) >= 11 is 0. The van der Waals surface area contributed by atoms with Crippen LogP contribution in [-0.2, 0) is 0 Å². The van der Waals surface area contributed by atoms with Crippen LogP contribution in [0.5, 0.6) is 0 Å². The molecule has 0 fully saturated rings. The van der Waals surface area contributed by atoms with E-state index in [0.29, 0.717) is 23.9 Å². The Labute approximate surface area is 119 Å². The van der Waals surface area contributed by atoms with Crippen LogP contribution in [0.1, 0.15) is 27.2 Å². The summed E-state index contributed by atoms with van der Waals surface area (Å²) in [7, 11) is 1.80. The molecule has 0 saturated carbocycles. The van der Waals surface area contributed by atoms with Crippen LogP contribution in [0.2, 0.25) is 0 Å². The number of rotatable bonds is 6. The molecule has 20 heavy (non-hydrogen) atoms. The lowest BCUT2D eigenvalue weighted by atomic mass is 10.3. The van der Waals surface area contributed by atoms with E-state index in [2.05, 4.69) is 50.9 Å². The Kier molecular flexibility index (Phi) is 4.49. The molecule has 0 aromatic carbocycles. The fourth-order valence-electron chi connectivity index (χ4n) is 1.92. The molecule has 0 unspecified atom stereocenters. The van der Waals surface area contributed by atoms with E-state index < -0.39 is 0 Å². The number of hydrogen-bond acceptors (Lipinski definition) is 6. The molecule has 2 rings (SSSR count). The minimum Gasteiger partial charge on any atom is -0.357 e. The van der Waals surface area contributed by atoms with Crippen LogP contribution in [0.25, 0.3) is 5.95 Å². The maximum absolute atomic E-state index is 4.55. The van der Waals surface area contributed by atoms with E-state index in [1.165, 1.54) is 0 Å². The molecule has 1 N–H and O–H groups in total. The Morgan fingerprint density at radius 3 is 2.65 bits per heavy atom. The van der Waals surface area contributed by atoms with E-state index in [1.807, 2.05) is 6.20 Å². The maximum Gasteiger partial charge on any atom is 0.241 e. The lowest BCUT2D eigenvalue weighted by Gasteiger charge is -2.26. The second kappa shape index (κ2) is 6.31. The molecule has 7 heteroatoms. The highest BCUT2D eigenvalue weighted by Gasteiger charge is 2.16. The van der Waals surface area contributed by atoms with Gasteiger partial charge in [-0.25, -0.2) is 4.98 Å². The van der Waals surface area contributed by atoms with Gasteiger partial charge in [-0.3, -0.25) is 4.57 Å². The third-order valence-corrected chi connectivity index (χ3v) is 2.92. The molecule has 0 bridgehead atoms. The molecular formula is C13H21N7. The van der Waals surface area contributed by atoms with Gasteiger partial charge in [-0.1, -0.05) is 6.92 Å². The zero-order valence-corrected chi connectivity index (χ0v) is 12.4. The summed E-state index contributed by atoms with van der Waals surface area (Å²) in [5, 5.41) is 2.98. The highest BCUT2D eigenvalue weighted by Crippen LogP contribution is 2.16. The van der Waals surface area contributed by atoms with Crippen molar-refractivity contribution in [2.45, 2.75) is 33.2 Å². The summed E-state index contributed by atoms with van der Waals surface area (Å²) in [5.41, 5.74) is 0. The third kappa shape index (κ3) is 3.04. The van der Waals surface area contributed by atoms with Crippen molar-refractivity contribution in [1.29, 1.82) is 0 Å². The van der Waals surface area contributed by atoms with Crippen LogP contribution in [0, 0.1) is 0 Å². The predicted octanol–water partition coefficient (Wildman–Crippen LogP) is 1.72. The Morgan fingerprint density at radius 2 is 2.10 bits per heavy atom. The molecular weight excluding hydrogens is 254 g/mol. The Balaban J connectivity index is 2.44. The first-order valence-corrected chi connectivity index (χ1v) is 6.84. The van der Waals surface area contributed by atoms with E-state index in [-0.39, 0.29) is 0 Å². The zero-order chi connectivity index (χ0) is 14.5. The second-order valence-electron chi connectivity index (χ2n) is 4.77. The third-order valence-electron chi connectivity index (χ3n) is 2.92. The second-order valence-corrected chi connectivity index (χ2v) is 4.77. The van der Waals surface area contributed by atoms with Crippen molar-refractivity contribution in [2.75, 3.05) is 23.8 Å². The van der Waals surface area contributed by atoms with Crippen LogP contribution < -0.4 is 10.2 Å². The number of imidazole rings is 1. The van der Waals surface area contributed by atoms with Crippen LogP contribution in [0.3, 0.4) is 0 Å². The van der Waals surface area contributed by atoms with Gasteiger partial charge in [-0.2, -0.15) is 15.0 Å². The van der Waals surface area contributed by atoms with Crippen LogP contribution >= 0.6 is 0 Å². The molecule has 0 spiro atoms. The first-order valence-electron chi connectivity index (χ1n) is 6.84. The van der Waals surface area contributed by atoms with Gasteiger partial charge in [0.05, 0.1) is 0 Å². The highest BCUT2D eigenvalue weighted by atomic mass is 15.3. The quantitative estimate of drug-likeness (QED) is 0.865. The molecule has 0 aliphatic rings. The van der Waals surface area contributed by atoms with Crippen molar-refractivity contribution in [3.8, 4) is 5.95 Å². The average Bonchev–Trinajstić information content (AvgIpc) is 2.98. The van der Waals surface area contributed by atoms with Crippen molar-refractivity contribution in [2.24, 2.45) is 0 Å². The molecule has 7 nitrogen and oxygen atoms in total. The number of nitrogens with one attached hydrogen (secondary N) is 1. The van der Waals surface area contributed by atoms with E-state index >= 15 is 0 Å². The van der Waals surface area contributed by atoms with Gasteiger partial charge in [-0.05, 0) is 20.3 Å². The van der Waals surface area contributed by atoms with Gasteiger partial charge >= 0.3 is 0 Å². The molecule has 0 amide bonds. The number of anilines is 2. The van der Waals surface area contributed by atoms with Crippen molar-refractivity contribution >= 4 is 11.9 Å². The summed E-state index contributed by atoms with van der Waals surface area (Å²) in [6.07, 6.45) is 6.24. The van der Waals surface area contributed by atoms with E-state index in [9.17, 15) is 0 Å². The smallest absolute Gasteiger partial charge is 0.241 e. The fraction of sp³-hybridized carbons (Fsp3) is 0.538. The first kappa shape index (κ1) is 14.2. The number of aromatic nitrogens is 5. The van der Waals surface area contributed by atoms with Crippen molar-refractivity contribution in [3.63, 3.8) is 0 Å². The summed E-state index contributed by atoms with van der Waals surface area (Å²) in [4.78, 5) is 19.6. The van der Waals surface area contributed by atoms with Gasteiger partial charge < -0.3 is 10.2 Å². The summed E-state index contributed by atoms with van der Waals surface area (Å²) in [5.74, 6) is 1.81.